The van der Waals surface area contributed by atoms with Gasteiger partial charge in [-0.1, -0.05) is 61.5 Å². The smallest absolute Gasteiger partial charge is 0.195 e. The Balaban J connectivity index is 1.71. The predicted octanol–water partition coefficient (Wildman–Crippen LogP) is 5.37. The highest BCUT2D eigenvalue weighted by molar-refractivity contribution is 7.99. The molecular formula is C22H28N4S. The number of thioether (sulfide) groups is 1. The molecule has 27 heavy (non-hydrogen) atoms. The van der Waals surface area contributed by atoms with Crippen molar-refractivity contribution in [2.45, 2.75) is 38.8 Å². The van der Waals surface area contributed by atoms with Gasteiger partial charge in [0.15, 0.2) is 5.16 Å². The molecule has 0 saturated carbocycles. The van der Waals surface area contributed by atoms with Crippen molar-refractivity contribution in [1.82, 2.24) is 14.8 Å². The Hall–Kier alpha value is -2.27. The van der Waals surface area contributed by atoms with E-state index in [9.17, 15) is 0 Å². The van der Waals surface area contributed by atoms with Crippen LogP contribution in [0.4, 0.5) is 5.69 Å². The van der Waals surface area contributed by atoms with Crippen LogP contribution in [0.3, 0.4) is 0 Å². The van der Waals surface area contributed by atoms with Crippen LogP contribution in [0.1, 0.15) is 31.7 Å². The second-order valence-corrected chi connectivity index (χ2v) is 8.21. The molecular weight excluding hydrogens is 352 g/mol. The molecule has 5 heteroatoms. The van der Waals surface area contributed by atoms with E-state index in [2.05, 4.69) is 89.4 Å². The van der Waals surface area contributed by atoms with Crippen LogP contribution >= 0.6 is 11.8 Å². The summed E-state index contributed by atoms with van der Waals surface area (Å²) in [5.74, 6) is 2.75. The maximum Gasteiger partial charge on any atom is 0.195 e. The first-order valence-electron chi connectivity index (χ1n) is 9.56. The van der Waals surface area contributed by atoms with E-state index in [0.717, 1.165) is 41.1 Å². The number of hydrogen-bond acceptors (Lipinski definition) is 4. The number of aryl methyl sites for hydroxylation is 1. The zero-order chi connectivity index (χ0) is 19.1. The number of para-hydroxylation sites is 1. The van der Waals surface area contributed by atoms with Gasteiger partial charge in [-0.05, 0) is 43.5 Å². The Morgan fingerprint density at radius 3 is 2.44 bits per heavy atom. The second kappa shape index (κ2) is 9.60. The molecule has 0 spiro atoms. The molecule has 0 unspecified atom stereocenters. The average Bonchev–Trinajstić information content (AvgIpc) is 3.06. The van der Waals surface area contributed by atoms with E-state index in [1.165, 1.54) is 12.0 Å². The van der Waals surface area contributed by atoms with Crippen molar-refractivity contribution in [3.63, 3.8) is 0 Å². The molecule has 1 heterocycles. The summed E-state index contributed by atoms with van der Waals surface area (Å²) in [5, 5.41) is 13.4. The lowest BCUT2D eigenvalue weighted by Crippen LogP contribution is -2.10. The van der Waals surface area contributed by atoms with E-state index in [1.54, 1.807) is 11.8 Å². The van der Waals surface area contributed by atoms with Gasteiger partial charge in [-0.3, -0.25) is 4.57 Å². The topological polar surface area (TPSA) is 42.7 Å². The van der Waals surface area contributed by atoms with Gasteiger partial charge in [-0.2, -0.15) is 0 Å². The quantitative estimate of drug-likeness (QED) is 0.507. The third-order valence-corrected chi connectivity index (χ3v) is 5.33. The maximum absolute atomic E-state index is 4.49. The molecule has 0 atom stereocenters. The normalized spacial score (nSPS) is 11.1. The van der Waals surface area contributed by atoms with Crippen molar-refractivity contribution in [1.29, 1.82) is 0 Å². The summed E-state index contributed by atoms with van der Waals surface area (Å²) in [4.78, 5) is 0. The molecule has 4 nitrogen and oxygen atoms in total. The van der Waals surface area contributed by atoms with Crippen molar-refractivity contribution in [3.05, 3.63) is 66.0 Å². The summed E-state index contributed by atoms with van der Waals surface area (Å²) in [6.45, 7) is 7.44. The summed E-state index contributed by atoms with van der Waals surface area (Å²) >= 11 is 1.79. The molecule has 2 aromatic carbocycles. The number of anilines is 1. The van der Waals surface area contributed by atoms with Gasteiger partial charge in [-0.25, -0.2) is 0 Å². The molecule has 0 amide bonds. The highest BCUT2D eigenvalue weighted by Gasteiger charge is 2.14. The van der Waals surface area contributed by atoms with Crippen LogP contribution in [0.15, 0.2) is 59.8 Å². The summed E-state index contributed by atoms with van der Waals surface area (Å²) in [5.41, 5.74) is 3.53. The lowest BCUT2D eigenvalue weighted by Gasteiger charge is -2.11. The van der Waals surface area contributed by atoms with Crippen molar-refractivity contribution < 1.29 is 0 Å². The van der Waals surface area contributed by atoms with Crippen LogP contribution in [0.25, 0.3) is 5.69 Å². The SMILES string of the molecule is Cc1ccc(NCCc2nnc(SCCC(C)C)n2-c2ccccc2)cc1. The van der Waals surface area contributed by atoms with Gasteiger partial charge in [0.05, 0.1) is 0 Å². The summed E-state index contributed by atoms with van der Waals surface area (Å²) in [6.07, 6.45) is 2.00. The van der Waals surface area contributed by atoms with E-state index >= 15 is 0 Å². The zero-order valence-corrected chi connectivity index (χ0v) is 17.2. The van der Waals surface area contributed by atoms with Crippen molar-refractivity contribution >= 4 is 17.4 Å². The highest BCUT2D eigenvalue weighted by Crippen LogP contribution is 2.24. The molecule has 0 radical (unpaired) electrons. The molecule has 0 aliphatic rings. The molecule has 0 saturated heterocycles. The Labute approximate surface area is 166 Å². The molecule has 0 aliphatic heterocycles. The number of nitrogens with zero attached hydrogens (tertiary/aromatic N) is 3. The minimum absolute atomic E-state index is 0.698. The zero-order valence-electron chi connectivity index (χ0n) is 16.4. The van der Waals surface area contributed by atoms with Crippen molar-refractivity contribution in [2.24, 2.45) is 5.92 Å². The largest absolute Gasteiger partial charge is 0.385 e. The third kappa shape index (κ3) is 5.60. The van der Waals surface area contributed by atoms with E-state index < -0.39 is 0 Å². The first-order valence-corrected chi connectivity index (χ1v) is 10.5. The Kier molecular flexibility index (Phi) is 6.93. The van der Waals surface area contributed by atoms with Gasteiger partial charge < -0.3 is 5.32 Å². The number of nitrogens with one attached hydrogen (secondary N) is 1. The van der Waals surface area contributed by atoms with Gasteiger partial charge in [0.2, 0.25) is 0 Å². The van der Waals surface area contributed by atoms with Crippen LogP contribution in [0, 0.1) is 12.8 Å². The average molecular weight is 381 g/mol. The molecule has 142 valence electrons. The van der Waals surface area contributed by atoms with E-state index in [0.29, 0.717) is 5.92 Å². The Bertz CT molecular complexity index is 825. The van der Waals surface area contributed by atoms with Crippen molar-refractivity contribution in [2.75, 3.05) is 17.6 Å². The minimum atomic E-state index is 0.698. The molecule has 3 rings (SSSR count). The molecule has 0 fully saturated rings. The summed E-state index contributed by atoms with van der Waals surface area (Å²) < 4.78 is 2.20. The Morgan fingerprint density at radius 2 is 1.74 bits per heavy atom. The fourth-order valence-electron chi connectivity index (χ4n) is 2.77. The van der Waals surface area contributed by atoms with Gasteiger partial charge in [-0.15, -0.1) is 10.2 Å². The third-order valence-electron chi connectivity index (χ3n) is 4.37. The van der Waals surface area contributed by atoms with Gasteiger partial charge in [0, 0.05) is 30.1 Å². The molecule has 1 aromatic heterocycles. The maximum atomic E-state index is 4.49. The predicted molar refractivity (Wildman–Crippen MR) is 115 cm³/mol. The number of aromatic nitrogens is 3. The van der Waals surface area contributed by atoms with Crippen LogP contribution in [0.5, 0.6) is 0 Å². The fraction of sp³-hybridized carbons (Fsp3) is 0.364. The first kappa shape index (κ1) is 19.5. The standard InChI is InChI=1S/C22H28N4S/c1-17(2)14-16-27-22-25-24-21(26(22)20-7-5-4-6-8-20)13-15-23-19-11-9-18(3)10-12-19/h4-12,17,23H,13-16H2,1-3H3. The van der Waals surface area contributed by atoms with Crippen LogP contribution in [-0.4, -0.2) is 27.1 Å². The monoisotopic (exact) mass is 380 g/mol. The fourth-order valence-corrected chi connectivity index (χ4v) is 3.98. The van der Waals surface area contributed by atoms with Crippen LogP contribution in [0.2, 0.25) is 0 Å². The lowest BCUT2D eigenvalue weighted by atomic mass is 10.2. The van der Waals surface area contributed by atoms with E-state index in [-0.39, 0.29) is 0 Å². The molecule has 0 aliphatic carbocycles. The highest BCUT2D eigenvalue weighted by atomic mass is 32.2. The summed E-state index contributed by atoms with van der Waals surface area (Å²) in [6, 6.07) is 18.9. The Morgan fingerprint density at radius 1 is 1.00 bits per heavy atom. The number of hydrogen-bond donors (Lipinski definition) is 1. The van der Waals surface area contributed by atoms with Gasteiger partial charge >= 0.3 is 0 Å². The van der Waals surface area contributed by atoms with Crippen LogP contribution < -0.4 is 5.32 Å². The minimum Gasteiger partial charge on any atom is -0.385 e. The lowest BCUT2D eigenvalue weighted by molar-refractivity contribution is 0.631. The molecule has 0 bridgehead atoms. The van der Waals surface area contributed by atoms with E-state index in [1.807, 2.05) is 6.07 Å². The van der Waals surface area contributed by atoms with Gasteiger partial charge in [0.1, 0.15) is 5.82 Å². The second-order valence-electron chi connectivity index (χ2n) is 7.14. The molecule has 1 N–H and O–H groups in total. The number of rotatable bonds is 9. The van der Waals surface area contributed by atoms with Crippen molar-refractivity contribution in [3.8, 4) is 5.69 Å². The first-order chi connectivity index (χ1) is 13.1. The van der Waals surface area contributed by atoms with Gasteiger partial charge in [0.25, 0.3) is 0 Å². The summed E-state index contributed by atoms with van der Waals surface area (Å²) in [7, 11) is 0. The number of benzene rings is 2. The van der Waals surface area contributed by atoms with Crippen LogP contribution in [-0.2, 0) is 6.42 Å². The van der Waals surface area contributed by atoms with E-state index in [4.69, 9.17) is 0 Å². The molecule has 3 aromatic rings.